The molecule has 2 aromatic carbocycles. The Morgan fingerprint density at radius 2 is 1.86 bits per heavy atom. The van der Waals surface area contributed by atoms with Crippen molar-refractivity contribution in [2.45, 2.75) is 51.9 Å². The molecule has 0 aliphatic carbocycles. The van der Waals surface area contributed by atoms with E-state index in [0.29, 0.717) is 30.3 Å². The number of piperidine rings is 1. The fourth-order valence-electron chi connectivity index (χ4n) is 6.39. The van der Waals surface area contributed by atoms with Crippen LogP contribution in [0.2, 0.25) is 0 Å². The van der Waals surface area contributed by atoms with Gasteiger partial charge in [0.2, 0.25) is 5.91 Å². The third-order valence-electron chi connectivity index (χ3n) is 8.49. The van der Waals surface area contributed by atoms with Crippen LogP contribution in [0.4, 0.5) is 24.7 Å². The molecule has 230 valence electrons. The predicted octanol–water partition coefficient (Wildman–Crippen LogP) is 7.03. The number of aryl methyl sites for hydroxylation is 1. The van der Waals surface area contributed by atoms with E-state index < -0.39 is 29.6 Å². The molecular weight excluding hydrogens is 637 g/mol. The molecular formula is C32H32BrF3N6O2. The number of amides is 2. The van der Waals surface area contributed by atoms with Gasteiger partial charge in [-0.2, -0.15) is 18.3 Å². The first-order valence-corrected chi connectivity index (χ1v) is 15.3. The molecule has 2 aromatic heterocycles. The second kappa shape index (κ2) is 11.2. The van der Waals surface area contributed by atoms with Crippen LogP contribution in [-0.2, 0) is 24.4 Å². The van der Waals surface area contributed by atoms with Crippen molar-refractivity contribution >= 4 is 39.2 Å². The van der Waals surface area contributed by atoms with E-state index in [1.165, 1.54) is 12.1 Å². The number of rotatable bonds is 5. The Labute approximate surface area is 261 Å². The first kappa shape index (κ1) is 30.1. The minimum Gasteiger partial charge on any atom is -0.334 e. The van der Waals surface area contributed by atoms with Crippen LogP contribution >= 0.6 is 15.9 Å². The maximum Gasteiger partial charge on any atom is 0.417 e. The number of carbonyl (C=O) groups is 2. The van der Waals surface area contributed by atoms with Gasteiger partial charge >= 0.3 is 6.18 Å². The zero-order chi connectivity index (χ0) is 31.5. The van der Waals surface area contributed by atoms with Crippen molar-refractivity contribution in [3.63, 3.8) is 0 Å². The lowest BCUT2D eigenvalue weighted by molar-refractivity contribution is -0.138. The molecule has 2 aliphatic heterocycles. The van der Waals surface area contributed by atoms with Gasteiger partial charge in [0.15, 0.2) is 0 Å². The molecule has 0 saturated carbocycles. The highest BCUT2D eigenvalue weighted by Gasteiger charge is 2.48. The van der Waals surface area contributed by atoms with E-state index >= 15 is 0 Å². The molecule has 6 rings (SSSR count). The largest absolute Gasteiger partial charge is 0.417 e. The van der Waals surface area contributed by atoms with Crippen LogP contribution in [0.25, 0.3) is 11.4 Å². The van der Waals surface area contributed by atoms with Gasteiger partial charge in [0.05, 0.1) is 29.4 Å². The summed E-state index contributed by atoms with van der Waals surface area (Å²) in [7, 11) is 1.92. The van der Waals surface area contributed by atoms with Crippen molar-refractivity contribution in [3.05, 3.63) is 82.2 Å². The van der Waals surface area contributed by atoms with Gasteiger partial charge < -0.3 is 9.47 Å². The fraction of sp³-hybridized carbons (Fsp3) is 0.375. The van der Waals surface area contributed by atoms with Crippen molar-refractivity contribution in [2.75, 3.05) is 11.4 Å². The number of nitrogens with zero attached hydrogens (tertiary/aromatic N) is 6. The maximum absolute atomic E-state index is 14.3. The fourth-order valence-corrected chi connectivity index (χ4v) is 6.86. The summed E-state index contributed by atoms with van der Waals surface area (Å²) >= 11 is 2.95. The summed E-state index contributed by atoms with van der Waals surface area (Å²) in [5.41, 5.74) is 1.58. The quantitative estimate of drug-likeness (QED) is 0.229. The molecule has 3 atom stereocenters. The number of halogens is 4. The van der Waals surface area contributed by atoms with Gasteiger partial charge in [-0.1, -0.05) is 29.8 Å². The zero-order valence-electron chi connectivity index (χ0n) is 24.7. The predicted molar refractivity (Wildman–Crippen MR) is 163 cm³/mol. The van der Waals surface area contributed by atoms with Crippen LogP contribution in [0.3, 0.4) is 0 Å². The van der Waals surface area contributed by atoms with Crippen molar-refractivity contribution < 1.29 is 22.8 Å². The number of fused-ring (bicyclic) bond motifs is 3. The van der Waals surface area contributed by atoms with Gasteiger partial charge in [0, 0.05) is 53.2 Å². The van der Waals surface area contributed by atoms with E-state index in [2.05, 4.69) is 34.8 Å². The molecule has 4 aromatic rings. The maximum atomic E-state index is 14.3. The first-order chi connectivity index (χ1) is 20.8. The minimum atomic E-state index is -4.61. The first-order valence-electron chi connectivity index (χ1n) is 14.5. The summed E-state index contributed by atoms with van der Waals surface area (Å²) in [5, 5.41) is 4.74. The third kappa shape index (κ3) is 5.22. The minimum absolute atomic E-state index is 0.0522. The van der Waals surface area contributed by atoms with Crippen LogP contribution in [0.5, 0.6) is 0 Å². The van der Waals surface area contributed by atoms with Crippen molar-refractivity contribution in [3.8, 4) is 11.4 Å². The van der Waals surface area contributed by atoms with Crippen LogP contribution in [-0.4, -0.2) is 48.6 Å². The summed E-state index contributed by atoms with van der Waals surface area (Å²) in [6.07, 6.45) is 1.82. The Morgan fingerprint density at radius 3 is 2.50 bits per heavy atom. The molecule has 12 heteroatoms. The van der Waals surface area contributed by atoms with Crippen molar-refractivity contribution in [2.24, 2.45) is 18.9 Å². The Balaban J connectivity index is 1.37. The number of carbonyl (C=O) groups excluding carboxylic acids is 2. The Bertz CT molecular complexity index is 1730. The average Bonchev–Trinajstić information content (AvgIpc) is 3.58. The molecule has 1 fully saturated rings. The SMILES string of the molecule is CC(C)Cc1cnn2c1N(c1ccc(-c3nccn3C)cc1)C(=O)C1C[C@@H](C)N(C(=O)c3ccc(Br)c(C(F)(F)F)c3)CC12. The number of anilines is 2. The van der Waals surface area contributed by atoms with Gasteiger partial charge in [0.25, 0.3) is 5.91 Å². The number of likely N-dealkylation sites (tertiary alicyclic amines) is 1. The molecule has 8 nitrogen and oxygen atoms in total. The standard InChI is InChI=1S/C32H32BrF3N6O2/c1-18(2)13-22-16-38-42-27-17-40(30(43)21-7-10-26(33)25(15-21)32(34,35)36)19(3)14-24(27)31(44)41(29(22)42)23-8-5-20(6-9-23)28-37-11-12-39(28)4/h5-12,15-16,18-19,24,27H,13-14,17H2,1-4H3/t19-,24?,27?/m1/s1. The van der Waals surface area contributed by atoms with Gasteiger partial charge in [-0.3, -0.25) is 14.5 Å². The number of aromatic nitrogens is 4. The summed E-state index contributed by atoms with van der Waals surface area (Å²) < 4.78 is 44.5. The summed E-state index contributed by atoms with van der Waals surface area (Å²) in [4.78, 5) is 35.7. The van der Waals surface area contributed by atoms with Crippen LogP contribution in [0.1, 0.15) is 54.7 Å². The molecule has 1 saturated heterocycles. The highest BCUT2D eigenvalue weighted by molar-refractivity contribution is 9.10. The van der Waals surface area contributed by atoms with Crippen LogP contribution < -0.4 is 4.90 Å². The number of hydrogen-bond donors (Lipinski definition) is 0. The summed E-state index contributed by atoms with van der Waals surface area (Å²) in [5.74, 6) is 0.711. The van der Waals surface area contributed by atoms with E-state index in [1.54, 1.807) is 22.2 Å². The highest BCUT2D eigenvalue weighted by Crippen LogP contribution is 2.45. The van der Waals surface area contributed by atoms with Gasteiger partial charge in [-0.25, -0.2) is 9.67 Å². The van der Waals surface area contributed by atoms with Crippen molar-refractivity contribution in [1.29, 1.82) is 0 Å². The van der Waals surface area contributed by atoms with E-state index in [9.17, 15) is 22.8 Å². The smallest absolute Gasteiger partial charge is 0.334 e. The lowest BCUT2D eigenvalue weighted by atomic mass is 9.84. The normalized spacial score (nSPS) is 20.2. The monoisotopic (exact) mass is 668 g/mol. The molecule has 2 unspecified atom stereocenters. The van der Waals surface area contributed by atoms with Crippen LogP contribution in [0.15, 0.2) is 65.5 Å². The Morgan fingerprint density at radius 1 is 1.14 bits per heavy atom. The van der Waals surface area contributed by atoms with Gasteiger partial charge in [-0.15, -0.1) is 0 Å². The molecule has 44 heavy (non-hydrogen) atoms. The molecule has 0 bridgehead atoms. The third-order valence-corrected chi connectivity index (χ3v) is 9.19. The number of imidazole rings is 1. The molecule has 4 heterocycles. The Kier molecular flexibility index (Phi) is 7.67. The number of benzene rings is 2. The average molecular weight is 670 g/mol. The van der Waals surface area contributed by atoms with Crippen molar-refractivity contribution in [1.82, 2.24) is 24.2 Å². The zero-order valence-corrected chi connectivity index (χ0v) is 26.3. The second-order valence-electron chi connectivity index (χ2n) is 12.0. The van der Waals surface area contributed by atoms with E-state index in [1.807, 2.05) is 53.7 Å². The molecule has 2 amide bonds. The molecule has 2 aliphatic rings. The van der Waals surface area contributed by atoms with Crippen LogP contribution in [0, 0.1) is 11.8 Å². The van der Waals surface area contributed by atoms with E-state index in [0.717, 1.165) is 23.0 Å². The topological polar surface area (TPSA) is 76.3 Å². The Hall–Kier alpha value is -3.93. The molecule has 0 spiro atoms. The van der Waals surface area contributed by atoms with E-state index in [-0.39, 0.29) is 28.5 Å². The van der Waals surface area contributed by atoms with E-state index in [4.69, 9.17) is 5.10 Å². The number of hydrogen-bond acceptors (Lipinski definition) is 4. The molecule has 0 N–H and O–H groups in total. The second-order valence-corrected chi connectivity index (χ2v) is 12.9. The highest BCUT2D eigenvalue weighted by atomic mass is 79.9. The lowest BCUT2D eigenvalue weighted by Crippen LogP contribution is -2.56. The summed E-state index contributed by atoms with van der Waals surface area (Å²) in [6, 6.07) is 10.4. The van der Waals surface area contributed by atoms with Gasteiger partial charge in [-0.05, 0) is 68.1 Å². The summed E-state index contributed by atoms with van der Waals surface area (Å²) in [6.45, 7) is 6.18. The molecule has 0 radical (unpaired) electrons. The van der Waals surface area contributed by atoms with Gasteiger partial charge in [0.1, 0.15) is 11.6 Å². The number of alkyl halides is 3. The lowest BCUT2D eigenvalue weighted by Gasteiger charge is -2.47.